The average Bonchev–Trinajstić information content (AvgIpc) is 2.93. The molecule has 23 heavy (non-hydrogen) atoms. The first-order chi connectivity index (χ1) is 11.0. The molecule has 2 N–H and O–H groups in total. The third kappa shape index (κ3) is 2.48. The number of pyridine rings is 1. The zero-order valence-electron chi connectivity index (χ0n) is 12.1. The van der Waals surface area contributed by atoms with Crippen LogP contribution in [0.3, 0.4) is 0 Å². The van der Waals surface area contributed by atoms with E-state index >= 15 is 0 Å². The van der Waals surface area contributed by atoms with Gasteiger partial charge >= 0.3 is 11.9 Å². The Hall–Kier alpha value is -3.35. The Morgan fingerprint density at radius 2 is 1.91 bits per heavy atom. The number of nitrogens with zero attached hydrogens (tertiary/aromatic N) is 2. The van der Waals surface area contributed by atoms with Gasteiger partial charge in [0.05, 0.1) is 18.2 Å². The van der Waals surface area contributed by atoms with Gasteiger partial charge in [-0.2, -0.15) is 0 Å². The van der Waals surface area contributed by atoms with E-state index in [1.54, 1.807) is 24.3 Å². The zero-order chi connectivity index (χ0) is 16.6. The van der Waals surface area contributed by atoms with Crippen molar-refractivity contribution in [3.05, 3.63) is 53.9 Å². The summed E-state index contributed by atoms with van der Waals surface area (Å²) in [5.74, 6) is -1.36. The lowest BCUT2D eigenvalue weighted by Crippen LogP contribution is -2.00. The van der Waals surface area contributed by atoms with Crippen molar-refractivity contribution in [1.29, 1.82) is 0 Å². The van der Waals surface area contributed by atoms with E-state index in [0.717, 1.165) is 0 Å². The Bertz CT molecular complexity index is 929. The molecule has 1 aromatic carbocycles. The minimum atomic E-state index is -1.18. The molecule has 2 heterocycles. The summed E-state index contributed by atoms with van der Waals surface area (Å²) in [6.07, 6.45) is 1.35. The van der Waals surface area contributed by atoms with Crippen molar-refractivity contribution in [3.8, 4) is 17.1 Å². The van der Waals surface area contributed by atoms with Crippen molar-refractivity contribution in [3.63, 3.8) is 0 Å². The third-order valence-electron chi connectivity index (χ3n) is 3.41. The van der Waals surface area contributed by atoms with Crippen LogP contribution in [0.5, 0.6) is 5.75 Å². The van der Waals surface area contributed by atoms with Gasteiger partial charge in [0.1, 0.15) is 11.6 Å². The molecule has 116 valence electrons. The number of hydrogen-bond donors (Lipinski definition) is 2. The number of carboxylic acids is 2. The van der Waals surface area contributed by atoms with Crippen molar-refractivity contribution in [1.82, 2.24) is 9.38 Å². The van der Waals surface area contributed by atoms with Crippen LogP contribution in [0.2, 0.25) is 0 Å². The Kier molecular flexibility index (Phi) is 3.46. The van der Waals surface area contributed by atoms with E-state index < -0.39 is 11.9 Å². The van der Waals surface area contributed by atoms with Crippen molar-refractivity contribution in [2.75, 3.05) is 7.11 Å². The number of carbonyl (C=O) groups is 2. The average molecular weight is 312 g/mol. The number of rotatable bonds is 4. The Morgan fingerprint density at radius 1 is 1.13 bits per heavy atom. The summed E-state index contributed by atoms with van der Waals surface area (Å²) in [4.78, 5) is 26.7. The van der Waals surface area contributed by atoms with E-state index in [4.69, 9.17) is 9.84 Å². The zero-order valence-corrected chi connectivity index (χ0v) is 12.1. The summed E-state index contributed by atoms with van der Waals surface area (Å²) in [5.41, 5.74) is 0.838. The van der Waals surface area contributed by atoms with Crippen molar-refractivity contribution >= 4 is 17.5 Å². The molecule has 7 nitrogen and oxygen atoms in total. The molecule has 0 spiro atoms. The lowest BCUT2D eigenvalue weighted by molar-refractivity contribution is 0.0685. The third-order valence-corrected chi connectivity index (χ3v) is 3.41. The number of aromatic carboxylic acids is 2. The fourth-order valence-electron chi connectivity index (χ4n) is 2.34. The van der Waals surface area contributed by atoms with Crippen molar-refractivity contribution in [2.24, 2.45) is 0 Å². The highest BCUT2D eigenvalue weighted by Crippen LogP contribution is 2.26. The number of imidazole rings is 1. The molecular weight excluding hydrogens is 300 g/mol. The van der Waals surface area contributed by atoms with Gasteiger partial charge in [-0.25, -0.2) is 14.6 Å². The first kappa shape index (κ1) is 14.6. The van der Waals surface area contributed by atoms with Crippen LogP contribution in [0.1, 0.15) is 20.8 Å². The second kappa shape index (κ2) is 5.45. The predicted molar refractivity (Wildman–Crippen MR) is 81.1 cm³/mol. The summed E-state index contributed by atoms with van der Waals surface area (Å²) in [5, 5.41) is 18.4. The molecule has 0 bridgehead atoms. The van der Waals surface area contributed by atoms with Gasteiger partial charge in [0.15, 0.2) is 5.69 Å². The maximum absolute atomic E-state index is 11.4. The summed E-state index contributed by atoms with van der Waals surface area (Å²) >= 11 is 0. The van der Waals surface area contributed by atoms with E-state index in [1.165, 1.54) is 29.8 Å². The molecule has 0 amide bonds. The van der Waals surface area contributed by atoms with Crippen LogP contribution in [-0.4, -0.2) is 38.6 Å². The van der Waals surface area contributed by atoms with Gasteiger partial charge in [-0.05, 0) is 24.3 Å². The van der Waals surface area contributed by atoms with Crippen LogP contribution < -0.4 is 4.74 Å². The van der Waals surface area contributed by atoms with E-state index in [2.05, 4.69) is 4.98 Å². The maximum Gasteiger partial charge on any atom is 0.356 e. The molecule has 3 rings (SSSR count). The quantitative estimate of drug-likeness (QED) is 0.767. The molecule has 0 unspecified atom stereocenters. The van der Waals surface area contributed by atoms with Crippen LogP contribution in [0.15, 0.2) is 42.6 Å². The molecule has 0 radical (unpaired) electrons. The number of carboxylic acid groups (broad SMARTS) is 2. The second-order valence-electron chi connectivity index (χ2n) is 4.80. The Balaban J connectivity index is 2.31. The second-order valence-corrected chi connectivity index (χ2v) is 4.80. The van der Waals surface area contributed by atoms with Gasteiger partial charge in [-0.1, -0.05) is 12.1 Å². The predicted octanol–water partition coefficient (Wildman–Crippen LogP) is 2.41. The van der Waals surface area contributed by atoms with Crippen LogP contribution in [0.25, 0.3) is 16.9 Å². The molecule has 0 aliphatic carbocycles. The molecule has 0 fully saturated rings. The molecular formula is C16H12N2O5. The van der Waals surface area contributed by atoms with Gasteiger partial charge < -0.3 is 14.9 Å². The van der Waals surface area contributed by atoms with Crippen LogP contribution in [0, 0.1) is 0 Å². The van der Waals surface area contributed by atoms with Crippen LogP contribution in [0.4, 0.5) is 0 Å². The summed E-state index contributed by atoms with van der Waals surface area (Å²) in [6, 6.07) is 9.73. The van der Waals surface area contributed by atoms with Gasteiger partial charge in [-0.3, -0.25) is 4.40 Å². The molecule has 0 saturated heterocycles. The molecule has 0 aliphatic heterocycles. The summed E-state index contributed by atoms with van der Waals surface area (Å²) in [6.45, 7) is 0. The van der Waals surface area contributed by atoms with Gasteiger partial charge in [-0.15, -0.1) is 0 Å². The van der Waals surface area contributed by atoms with Gasteiger partial charge in [0, 0.05) is 11.8 Å². The minimum Gasteiger partial charge on any atom is -0.497 e. The highest BCUT2D eigenvalue weighted by molar-refractivity contribution is 5.96. The van der Waals surface area contributed by atoms with Gasteiger partial charge in [0.2, 0.25) is 0 Å². The molecule has 0 atom stereocenters. The minimum absolute atomic E-state index is 0.0379. The number of methoxy groups -OCH3 is 1. The molecule has 7 heteroatoms. The van der Waals surface area contributed by atoms with Crippen LogP contribution >= 0.6 is 0 Å². The molecule has 3 aromatic rings. The number of fused-ring (bicyclic) bond motifs is 1. The van der Waals surface area contributed by atoms with Crippen LogP contribution in [-0.2, 0) is 0 Å². The van der Waals surface area contributed by atoms with E-state index in [1.807, 2.05) is 0 Å². The standard InChI is InChI=1S/C16H12N2O5/c1-23-11-4-2-3-9(7-11)14-17-13(16(21)22)12-6-5-10(15(19)20)8-18(12)14/h2-8H,1H3,(H,19,20)(H,21,22). The first-order valence-electron chi connectivity index (χ1n) is 6.64. The van der Waals surface area contributed by atoms with Gasteiger partial charge in [0.25, 0.3) is 0 Å². The Morgan fingerprint density at radius 3 is 2.57 bits per heavy atom. The number of aromatic nitrogens is 2. The lowest BCUT2D eigenvalue weighted by atomic mass is 10.2. The van der Waals surface area contributed by atoms with E-state index in [0.29, 0.717) is 22.7 Å². The number of hydrogen-bond acceptors (Lipinski definition) is 4. The molecule has 0 saturated carbocycles. The number of ether oxygens (including phenoxy) is 1. The van der Waals surface area contributed by atoms with E-state index in [9.17, 15) is 14.7 Å². The Labute approximate surface area is 130 Å². The van der Waals surface area contributed by atoms with E-state index in [-0.39, 0.29) is 11.3 Å². The monoisotopic (exact) mass is 312 g/mol. The van der Waals surface area contributed by atoms with Crippen molar-refractivity contribution < 1.29 is 24.5 Å². The topological polar surface area (TPSA) is 101 Å². The fraction of sp³-hybridized carbons (Fsp3) is 0.0625. The lowest BCUT2D eigenvalue weighted by Gasteiger charge is -2.05. The molecule has 0 aliphatic rings. The summed E-state index contributed by atoms with van der Waals surface area (Å²) < 4.78 is 6.62. The highest BCUT2D eigenvalue weighted by Gasteiger charge is 2.19. The molecule has 2 aromatic heterocycles. The van der Waals surface area contributed by atoms with Crippen molar-refractivity contribution in [2.45, 2.75) is 0 Å². The normalized spacial score (nSPS) is 10.7. The highest BCUT2D eigenvalue weighted by atomic mass is 16.5. The fourth-order valence-corrected chi connectivity index (χ4v) is 2.34. The summed E-state index contributed by atoms with van der Waals surface area (Å²) in [7, 11) is 1.52. The number of benzene rings is 1. The smallest absolute Gasteiger partial charge is 0.356 e. The largest absolute Gasteiger partial charge is 0.497 e. The maximum atomic E-state index is 11.4. The first-order valence-corrected chi connectivity index (χ1v) is 6.64. The SMILES string of the molecule is COc1cccc(-c2nc(C(=O)O)c3ccc(C(=O)O)cn23)c1.